The van der Waals surface area contributed by atoms with E-state index in [0.717, 1.165) is 25.9 Å². The van der Waals surface area contributed by atoms with Gasteiger partial charge in [-0.05, 0) is 44.9 Å². The highest BCUT2D eigenvalue weighted by Gasteiger charge is 2.25. The van der Waals surface area contributed by atoms with Crippen LogP contribution in [0.5, 0.6) is 5.75 Å². The molecule has 1 aliphatic heterocycles. The van der Waals surface area contributed by atoms with E-state index in [4.69, 9.17) is 4.74 Å². The van der Waals surface area contributed by atoms with Crippen molar-refractivity contribution in [2.75, 3.05) is 13.1 Å². The van der Waals surface area contributed by atoms with Gasteiger partial charge in [0.1, 0.15) is 11.6 Å². The van der Waals surface area contributed by atoms with Crippen molar-refractivity contribution in [2.24, 2.45) is 0 Å². The second-order valence-electron chi connectivity index (χ2n) is 5.15. The van der Waals surface area contributed by atoms with Gasteiger partial charge in [0.2, 0.25) is 0 Å². The smallest absolute Gasteiger partial charge is 0.263 e. The summed E-state index contributed by atoms with van der Waals surface area (Å²) < 4.78 is 18.8. The van der Waals surface area contributed by atoms with Crippen molar-refractivity contribution < 1.29 is 19.0 Å². The lowest BCUT2D eigenvalue weighted by molar-refractivity contribution is -0.136. The van der Waals surface area contributed by atoms with Crippen LogP contribution < -0.4 is 4.74 Å². The molecule has 0 bridgehead atoms. The third kappa shape index (κ3) is 3.28. The van der Waals surface area contributed by atoms with Gasteiger partial charge in [-0.15, -0.1) is 0 Å². The third-order valence-electron chi connectivity index (χ3n) is 3.49. The molecule has 20 heavy (non-hydrogen) atoms. The lowest BCUT2D eigenvalue weighted by Crippen LogP contribution is -2.38. The normalized spacial score (nSPS) is 17.9. The summed E-state index contributed by atoms with van der Waals surface area (Å²) in [6, 6.07) is 3.94. The molecular formula is C15H20FNO3. The number of likely N-dealkylation sites (tertiary alicyclic amines) is 1. The number of nitrogens with zero attached hydrogens (tertiary/aromatic N) is 1. The van der Waals surface area contributed by atoms with E-state index in [9.17, 15) is 14.3 Å². The zero-order valence-electron chi connectivity index (χ0n) is 11.8. The first-order chi connectivity index (χ1) is 9.49. The number of carbonyl (C=O) groups excluding carboxylic acids is 1. The van der Waals surface area contributed by atoms with E-state index in [1.807, 2.05) is 0 Å². The lowest BCUT2D eigenvalue weighted by atomic mass is 10.1. The predicted molar refractivity (Wildman–Crippen MR) is 72.9 cm³/mol. The van der Waals surface area contributed by atoms with Crippen molar-refractivity contribution in [1.82, 2.24) is 4.90 Å². The van der Waals surface area contributed by atoms with Crippen molar-refractivity contribution in [3.05, 3.63) is 29.6 Å². The maximum Gasteiger partial charge on any atom is 0.263 e. The van der Waals surface area contributed by atoms with Gasteiger partial charge in [-0.3, -0.25) is 4.79 Å². The Morgan fingerprint density at radius 3 is 2.60 bits per heavy atom. The monoisotopic (exact) mass is 281 g/mol. The minimum absolute atomic E-state index is 0.0663. The van der Waals surface area contributed by atoms with E-state index in [0.29, 0.717) is 11.3 Å². The van der Waals surface area contributed by atoms with Gasteiger partial charge >= 0.3 is 0 Å². The fourth-order valence-corrected chi connectivity index (χ4v) is 2.39. The summed E-state index contributed by atoms with van der Waals surface area (Å²) in [4.78, 5) is 13.9. The molecule has 110 valence electrons. The van der Waals surface area contributed by atoms with Crippen molar-refractivity contribution in [3.8, 4) is 5.75 Å². The van der Waals surface area contributed by atoms with E-state index in [1.54, 1.807) is 11.8 Å². The maximum absolute atomic E-state index is 13.2. The van der Waals surface area contributed by atoms with E-state index in [1.165, 1.54) is 25.1 Å². The number of rotatable bonds is 4. The first kappa shape index (κ1) is 14.8. The van der Waals surface area contributed by atoms with Crippen molar-refractivity contribution in [3.63, 3.8) is 0 Å². The van der Waals surface area contributed by atoms with Gasteiger partial charge in [-0.2, -0.15) is 0 Å². The van der Waals surface area contributed by atoms with Gasteiger partial charge in [-0.1, -0.05) is 0 Å². The van der Waals surface area contributed by atoms with Crippen LogP contribution in [-0.4, -0.2) is 35.1 Å². The van der Waals surface area contributed by atoms with Gasteiger partial charge in [0, 0.05) is 18.7 Å². The van der Waals surface area contributed by atoms with Gasteiger partial charge in [0.25, 0.3) is 5.91 Å². The molecular weight excluding hydrogens is 261 g/mol. The fourth-order valence-electron chi connectivity index (χ4n) is 2.39. The molecule has 1 heterocycles. The van der Waals surface area contributed by atoms with Crippen LogP contribution >= 0.6 is 0 Å². The average molecular weight is 281 g/mol. The number of benzene rings is 1. The molecule has 1 saturated heterocycles. The van der Waals surface area contributed by atoms with E-state index in [2.05, 4.69) is 0 Å². The highest BCUT2D eigenvalue weighted by Crippen LogP contribution is 2.27. The van der Waals surface area contributed by atoms with Crippen LogP contribution in [0.25, 0.3) is 0 Å². The molecule has 1 fully saturated rings. The zero-order valence-corrected chi connectivity index (χ0v) is 11.8. The zero-order chi connectivity index (χ0) is 14.7. The second kappa shape index (κ2) is 6.22. The molecule has 1 unspecified atom stereocenters. The van der Waals surface area contributed by atoms with Gasteiger partial charge in [0.15, 0.2) is 6.10 Å². The molecule has 2 rings (SSSR count). The molecule has 0 spiro atoms. The first-order valence-electron chi connectivity index (χ1n) is 6.92. The van der Waals surface area contributed by atoms with Gasteiger partial charge in [0.05, 0.1) is 6.10 Å². The summed E-state index contributed by atoms with van der Waals surface area (Å²) >= 11 is 0. The van der Waals surface area contributed by atoms with Crippen LogP contribution in [0.3, 0.4) is 0 Å². The largest absolute Gasteiger partial charge is 0.481 e. The maximum atomic E-state index is 13.2. The Labute approximate surface area is 118 Å². The first-order valence-corrected chi connectivity index (χ1v) is 6.92. The molecule has 1 amide bonds. The topological polar surface area (TPSA) is 49.8 Å². The van der Waals surface area contributed by atoms with E-state index < -0.39 is 18.0 Å². The minimum Gasteiger partial charge on any atom is -0.481 e. The Morgan fingerprint density at radius 1 is 1.35 bits per heavy atom. The van der Waals surface area contributed by atoms with Crippen molar-refractivity contribution >= 4 is 5.91 Å². The molecule has 4 nitrogen and oxygen atoms in total. The van der Waals surface area contributed by atoms with Gasteiger partial charge in [-0.25, -0.2) is 4.39 Å². The summed E-state index contributed by atoms with van der Waals surface area (Å²) in [6.07, 6.45) is 0.549. The summed E-state index contributed by atoms with van der Waals surface area (Å²) in [5.41, 5.74) is 0.353. The number of hydrogen-bond acceptors (Lipinski definition) is 3. The molecule has 0 saturated carbocycles. The van der Waals surface area contributed by atoms with Crippen LogP contribution in [0.15, 0.2) is 18.2 Å². The van der Waals surface area contributed by atoms with Crippen molar-refractivity contribution in [1.29, 1.82) is 0 Å². The Morgan fingerprint density at radius 2 is 2.00 bits per heavy atom. The number of ether oxygens (including phenoxy) is 1. The van der Waals surface area contributed by atoms with Crippen LogP contribution in [0.1, 0.15) is 38.4 Å². The lowest BCUT2D eigenvalue weighted by Gasteiger charge is -2.22. The predicted octanol–water partition coefficient (Wildman–Crippen LogP) is 2.27. The average Bonchev–Trinajstić information content (AvgIpc) is 2.93. The summed E-state index contributed by atoms with van der Waals surface area (Å²) in [5.74, 6) is -0.156. The Kier molecular flexibility index (Phi) is 4.60. The number of carbonyl (C=O) groups is 1. The molecule has 0 radical (unpaired) electrons. The van der Waals surface area contributed by atoms with E-state index in [-0.39, 0.29) is 5.91 Å². The van der Waals surface area contributed by atoms with Crippen LogP contribution in [0, 0.1) is 5.82 Å². The Hall–Kier alpha value is -1.62. The summed E-state index contributed by atoms with van der Waals surface area (Å²) in [5, 5.41) is 9.65. The van der Waals surface area contributed by atoms with Crippen molar-refractivity contribution in [2.45, 2.75) is 38.9 Å². The second-order valence-corrected chi connectivity index (χ2v) is 5.15. The summed E-state index contributed by atoms with van der Waals surface area (Å²) in [6.45, 7) is 4.74. The Bertz CT molecular complexity index is 484. The molecule has 0 aliphatic carbocycles. The molecule has 1 aliphatic rings. The number of aliphatic hydroxyl groups excluding tert-OH is 1. The molecule has 2 atom stereocenters. The van der Waals surface area contributed by atoms with Crippen LogP contribution in [0.4, 0.5) is 4.39 Å². The summed E-state index contributed by atoms with van der Waals surface area (Å²) in [7, 11) is 0. The molecule has 5 heteroatoms. The standard InChI is InChI=1S/C15H20FNO3/c1-10(18)13-9-12(16)5-6-14(13)20-11(2)15(19)17-7-3-4-8-17/h5-6,9-11,18H,3-4,7-8H2,1-2H3/t10-,11?/m1/s1. The van der Waals surface area contributed by atoms with Crippen LogP contribution in [0.2, 0.25) is 0 Å². The number of amides is 1. The molecule has 1 aromatic rings. The SMILES string of the molecule is CC(Oc1ccc(F)cc1[C@@H](C)O)C(=O)N1CCCC1. The molecule has 1 N–H and O–H groups in total. The Balaban J connectivity index is 2.10. The fraction of sp³-hybridized carbons (Fsp3) is 0.533. The number of halogens is 1. The van der Waals surface area contributed by atoms with Crippen LogP contribution in [-0.2, 0) is 4.79 Å². The minimum atomic E-state index is -0.852. The highest BCUT2D eigenvalue weighted by molar-refractivity contribution is 5.81. The number of aliphatic hydroxyl groups is 1. The third-order valence-corrected chi connectivity index (χ3v) is 3.49. The van der Waals surface area contributed by atoms with Gasteiger partial charge < -0.3 is 14.7 Å². The number of hydrogen-bond donors (Lipinski definition) is 1. The van der Waals surface area contributed by atoms with E-state index >= 15 is 0 Å². The highest BCUT2D eigenvalue weighted by atomic mass is 19.1. The molecule has 1 aromatic carbocycles. The quantitative estimate of drug-likeness (QED) is 0.921. The molecule has 0 aromatic heterocycles.